The normalized spacial score (nSPS) is 14.9. The van der Waals surface area contributed by atoms with E-state index in [1.165, 1.54) is 5.01 Å². The van der Waals surface area contributed by atoms with Crippen LogP contribution in [0.25, 0.3) is 0 Å². The number of urea groups is 1. The summed E-state index contributed by atoms with van der Waals surface area (Å²) in [5.41, 5.74) is 3.30. The second-order valence-electron chi connectivity index (χ2n) is 3.91. The highest BCUT2D eigenvalue weighted by Crippen LogP contribution is 2.01. The van der Waals surface area contributed by atoms with E-state index in [0.717, 1.165) is 12.0 Å². The molecule has 96 valence electrons. The number of carbonyl (C=O) groups is 2. The van der Waals surface area contributed by atoms with Gasteiger partial charge in [0.15, 0.2) is 0 Å². The molecule has 6 nitrogen and oxygen atoms in total. The molecule has 0 radical (unpaired) electrons. The zero-order valence-electron chi connectivity index (χ0n) is 9.89. The van der Waals surface area contributed by atoms with Crippen LogP contribution in [0.15, 0.2) is 30.3 Å². The average molecular weight is 249 g/mol. The lowest BCUT2D eigenvalue weighted by atomic mass is 10.2. The van der Waals surface area contributed by atoms with Crippen molar-refractivity contribution in [2.75, 3.05) is 13.1 Å². The summed E-state index contributed by atoms with van der Waals surface area (Å²) in [5, 5.41) is 3.85. The van der Waals surface area contributed by atoms with Gasteiger partial charge in [-0.15, -0.1) is 0 Å². The largest absolute Gasteiger partial charge is 0.443 e. The van der Waals surface area contributed by atoms with Gasteiger partial charge in [0.25, 0.3) is 0 Å². The maximum absolute atomic E-state index is 11.5. The molecule has 18 heavy (non-hydrogen) atoms. The van der Waals surface area contributed by atoms with Crippen LogP contribution in [0.3, 0.4) is 0 Å². The zero-order chi connectivity index (χ0) is 12.8. The first-order chi connectivity index (χ1) is 8.75. The van der Waals surface area contributed by atoms with Crippen LogP contribution in [0.4, 0.5) is 9.59 Å². The summed E-state index contributed by atoms with van der Waals surface area (Å²) in [7, 11) is 0. The Kier molecular flexibility index (Phi) is 4.01. The smallest absolute Gasteiger partial charge is 0.426 e. The number of nitrogens with zero attached hydrogens (tertiary/aromatic N) is 1. The van der Waals surface area contributed by atoms with Crippen molar-refractivity contribution < 1.29 is 14.3 Å². The molecule has 0 aliphatic carbocycles. The molecule has 1 heterocycles. The molecule has 0 aromatic heterocycles. The highest BCUT2D eigenvalue weighted by Gasteiger charge is 2.19. The van der Waals surface area contributed by atoms with E-state index in [-0.39, 0.29) is 12.6 Å². The first kappa shape index (κ1) is 12.2. The van der Waals surface area contributed by atoms with E-state index < -0.39 is 6.09 Å². The molecule has 1 aromatic rings. The first-order valence-corrected chi connectivity index (χ1v) is 5.78. The standard InChI is InChI=1S/C12H15N3O3/c16-11-13-7-4-8-15(11)14-12(17)18-9-10-5-2-1-3-6-10/h1-3,5-6H,4,7-9H2,(H,13,16)(H,14,17). The molecule has 1 saturated heterocycles. The summed E-state index contributed by atoms with van der Waals surface area (Å²) in [6, 6.07) is 9.05. The number of carbonyl (C=O) groups excluding carboxylic acids is 2. The van der Waals surface area contributed by atoms with E-state index in [0.29, 0.717) is 13.1 Å². The van der Waals surface area contributed by atoms with E-state index in [9.17, 15) is 9.59 Å². The third-order valence-electron chi connectivity index (χ3n) is 2.52. The highest BCUT2D eigenvalue weighted by atomic mass is 16.6. The van der Waals surface area contributed by atoms with Crippen LogP contribution in [-0.4, -0.2) is 30.2 Å². The number of rotatable bonds is 3. The third kappa shape index (κ3) is 3.38. The predicted octanol–water partition coefficient (Wildman–Crippen LogP) is 1.24. The van der Waals surface area contributed by atoms with Gasteiger partial charge in [0.2, 0.25) is 0 Å². The molecule has 2 N–H and O–H groups in total. The molecule has 6 heteroatoms. The van der Waals surface area contributed by atoms with Crippen LogP contribution in [0, 0.1) is 0 Å². The molecule has 3 amide bonds. The highest BCUT2D eigenvalue weighted by molar-refractivity contribution is 5.78. The molecule has 0 spiro atoms. The quantitative estimate of drug-likeness (QED) is 0.846. The molecule has 1 aliphatic heterocycles. The number of benzene rings is 1. The summed E-state index contributed by atoms with van der Waals surface area (Å²) in [5.74, 6) is 0. The Morgan fingerprint density at radius 3 is 2.89 bits per heavy atom. The van der Waals surface area contributed by atoms with Gasteiger partial charge < -0.3 is 10.1 Å². The van der Waals surface area contributed by atoms with Gasteiger partial charge in [-0.25, -0.2) is 20.0 Å². The van der Waals surface area contributed by atoms with Gasteiger partial charge in [-0.05, 0) is 12.0 Å². The van der Waals surface area contributed by atoms with Crippen LogP contribution in [0.2, 0.25) is 0 Å². The average Bonchev–Trinajstić information content (AvgIpc) is 2.40. The van der Waals surface area contributed by atoms with Crippen molar-refractivity contribution >= 4 is 12.1 Å². The number of nitrogens with one attached hydrogen (secondary N) is 2. The number of hydrazine groups is 1. The number of hydrogen-bond acceptors (Lipinski definition) is 3. The Hall–Kier alpha value is -2.24. The Labute approximate surface area is 105 Å². The van der Waals surface area contributed by atoms with E-state index in [2.05, 4.69) is 10.7 Å². The Morgan fingerprint density at radius 1 is 1.39 bits per heavy atom. The monoisotopic (exact) mass is 249 g/mol. The Balaban J connectivity index is 1.76. The van der Waals surface area contributed by atoms with Crippen molar-refractivity contribution in [3.63, 3.8) is 0 Å². The summed E-state index contributed by atoms with van der Waals surface area (Å²) in [6.45, 7) is 1.31. The number of amides is 3. The van der Waals surface area contributed by atoms with E-state index in [1.54, 1.807) is 0 Å². The predicted molar refractivity (Wildman–Crippen MR) is 64.5 cm³/mol. The number of ether oxygens (including phenoxy) is 1. The van der Waals surface area contributed by atoms with Crippen LogP contribution in [0.5, 0.6) is 0 Å². The maximum Gasteiger partial charge on any atom is 0.426 e. The molecule has 0 atom stereocenters. The second-order valence-corrected chi connectivity index (χ2v) is 3.91. The summed E-state index contributed by atoms with van der Waals surface area (Å²) < 4.78 is 5.01. The lowest BCUT2D eigenvalue weighted by Gasteiger charge is -2.26. The lowest BCUT2D eigenvalue weighted by Crippen LogP contribution is -2.54. The molecule has 0 bridgehead atoms. The van der Waals surface area contributed by atoms with Gasteiger partial charge in [-0.1, -0.05) is 30.3 Å². The van der Waals surface area contributed by atoms with Gasteiger partial charge in [0, 0.05) is 13.1 Å². The molecule has 2 rings (SSSR count). The first-order valence-electron chi connectivity index (χ1n) is 5.78. The van der Waals surface area contributed by atoms with Gasteiger partial charge in [0.05, 0.1) is 0 Å². The molecular formula is C12H15N3O3. The molecule has 0 unspecified atom stereocenters. The molecule has 1 fully saturated rings. The fourth-order valence-electron chi connectivity index (χ4n) is 1.60. The molecule has 0 saturated carbocycles. The fraction of sp³-hybridized carbons (Fsp3) is 0.333. The van der Waals surface area contributed by atoms with Crippen LogP contribution < -0.4 is 10.7 Å². The van der Waals surface area contributed by atoms with Crippen molar-refractivity contribution in [2.45, 2.75) is 13.0 Å². The SMILES string of the molecule is O=C(NN1CCCNC1=O)OCc1ccccc1. The topological polar surface area (TPSA) is 70.7 Å². The molecule has 1 aromatic carbocycles. The summed E-state index contributed by atoms with van der Waals surface area (Å²) in [6.07, 6.45) is 0.168. The van der Waals surface area contributed by atoms with Gasteiger partial charge in [-0.2, -0.15) is 0 Å². The van der Waals surface area contributed by atoms with Gasteiger partial charge in [0.1, 0.15) is 6.61 Å². The van der Waals surface area contributed by atoms with Crippen molar-refractivity contribution in [3.05, 3.63) is 35.9 Å². The van der Waals surface area contributed by atoms with E-state index in [1.807, 2.05) is 30.3 Å². The van der Waals surface area contributed by atoms with Gasteiger partial charge in [-0.3, -0.25) is 0 Å². The minimum absolute atomic E-state index is 0.183. The summed E-state index contributed by atoms with van der Waals surface area (Å²) >= 11 is 0. The minimum Gasteiger partial charge on any atom is -0.443 e. The van der Waals surface area contributed by atoms with Crippen LogP contribution in [-0.2, 0) is 11.3 Å². The van der Waals surface area contributed by atoms with Crippen molar-refractivity contribution in [3.8, 4) is 0 Å². The van der Waals surface area contributed by atoms with Crippen LogP contribution >= 0.6 is 0 Å². The van der Waals surface area contributed by atoms with E-state index >= 15 is 0 Å². The Morgan fingerprint density at radius 2 is 2.17 bits per heavy atom. The van der Waals surface area contributed by atoms with E-state index in [4.69, 9.17) is 4.74 Å². The molecule has 1 aliphatic rings. The second kappa shape index (κ2) is 5.90. The lowest BCUT2D eigenvalue weighted by molar-refractivity contribution is 0.102. The van der Waals surface area contributed by atoms with Crippen molar-refractivity contribution in [1.29, 1.82) is 0 Å². The van der Waals surface area contributed by atoms with Gasteiger partial charge >= 0.3 is 12.1 Å². The summed E-state index contributed by atoms with van der Waals surface area (Å²) in [4.78, 5) is 22.8. The third-order valence-corrected chi connectivity index (χ3v) is 2.52. The Bertz CT molecular complexity index is 422. The van der Waals surface area contributed by atoms with Crippen molar-refractivity contribution in [2.24, 2.45) is 0 Å². The minimum atomic E-state index is -0.629. The maximum atomic E-state index is 11.5. The molecular weight excluding hydrogens is 234 g/mol. The van der Waals surface area contributed by atoms with Crippen molar-refractivity contribution in [1.82, 2.24) is 15.8 Å². The fourth-order valence-corrected chi connectivity index (χ4v) is 1.60. The van der Waals surface area contributed by atoms with Crippen LogP contribution in [0.1, 0.15) is 12.0 Å². The number of hydrogen-bond donors (Lipinski definition) is 2. The zero-order valence-corrected chi connectivity index (χ0v) is 9.89.